The SMILES string of the molecule is CC[C@H]1O[C@@H](n2cc(C#CCNC(C)=O)c(=O)[nH]c2=O)CC1OC(=O)n1ccnc1. The minimum Gasteiger partial charge on any atom is -0.443 e. The number of nitrogens with zero attached hydrogens (tertiary/aromatic N) is 3. The minimum atomic E-state index is -0.740. The van der Waals surface area contributed by atoms with Gasteiger partial charge in [-0.15, -0.1) is 0 Å². The Hall–Kier alpha value is -3.65. The standard InChI is InChI=1S/C19H21N5O6/c1-3-14-15(30-19(28)23-8-7-20-11-23)9-16(29-14)24-10-13(17(26)22-18(24)27)5-4-6-21-12(2)25/h7-8,10-11,14-16H,3,6,9H2,1-2H3,(H,21,25)(H,22,26,27)/t14-,15?,16-/m1/s1. The fourth-order valence-electron chi connectivity index (χ4n) is 3.01. The van der Waals surface area contributed by atoms with Gasteiger partial charge in [0, 0.05) is 31.9 Å². The van der Waals surface area contributed by atoms with Crippen LogP contribution in [-0.2, 0) is 14.3 Å². The summed E-state index contributed by atoms with van der Waals surface area (Å²) in [6.07, 6.45) is 4.00. The van der Waals surface area contributed by atoms with Gasteiger partial charge in [0.15, 0.2) is 0 Å². The summed E-state index contributed by atoms with van der Waals surface area (Å²) in [4.78, 5) is 53.4. The third-order valence-corrected chi connectivity index (χ3v) is 4.48. The van der Waals surface area contributed by atoms with E-state index in [0.29, 0.717) is 6.42 Å². The van der Waals surface area contributed by atoms with Gasteiger partial charge in [-0.3, -0.25) is 19.1 Å². The highest BCUT2D eigenvalue weighted by Gasteiger charge is 2.38. The molecule has 30 heavy (non-hydrogen) atoms. The fraction of sp³-hybridized carbons (Fsp3) is 0.421. The Morgan fingerprint density at radius 3 is 2.90 bits per heavy atom. The van der Waals surface area contributed by atoms with Crippen LogP contribution in [0.5, 0.6) is 0 Å². The summed E-state index contributed by atoms with van der Waals surface area (Å²) in [6, 6.07) is 0. The molecule has 0 saturated carbocycles. The van der Waals surface area contributed by atoms with E-state index in [1.807, 2.05) is 6.92 Å². The van der Waals surface area contributed by atoms with E-state index in [4.69, 9.17) is 9.47 Å². The van der Waals surface area contributed by atoms with Crippen LogP contribution in [0.2, 0.25) is 0 Å². The number of ether oxygens (including phenoxy) is 2. The zero-order chi connectivity index (χ0) is 21.7. The van der Waals surface area contributed by atoms with Crippen LogP contribution in [0.1, 0.15) is 38.5 Å². The van der Waals surface area contributed by atoms with E-state index in [0.717, 1.165) is 0 Å². The predicted octanol–water partition coefficient (Wildman–Crippen LogP) is -0.0283. The molecule has 11 heteroatoms. The van der Waals surface area contributed by atoms with Crippen molar-refractivity contribution >= 4 is 12.0 Å². The largest absolute Gasteiger partial charge is 0.443 e. The lowest BCUT2D eigenvalue weighted by atomic mass is 10.1. The normalized spacial score (nSPS) is 20.3. The molecule has 1 aliphatic rings. The first-order chi connectivity index (χ1) is 14.4. The van der Waals surface area contributed by atoms with Crippen molar-refractivity contribution in [3.05, 3.63) is 51.3 Å². The van der Waals surface area contributed by atoms with Crippen LogP contribution >= 0.6 is 0 Å². The van der Waals surface area contributed by atoms with Gasteiger partial charge >= 0.3 is 11.8 Å². The first-order valence-electron chi connectivity index (χ1n) is 9.32. The highest BCUT2D eigenvalue weighted by atomic mass is 16.6. The van der Waals surface area contributed by atoms with E-state index in [9.17, 15) is 19.2 Å². The highest BCUT2D eigenvalue weighted by molar-refractivity contribution is 5.73. The maximum atomic E-state index is 12.3. The molecule has 2 aromatic heterocycles. The number of amides is 1. The molecule has 158 valence electrons. The summed E-state index contributed by atoms with van der Waals surface area (Å²) >= 11 is 0. The molecular weight excluding hydrogens is 394 g/mol. The molecule has 1 unspecified atom stereocenters. The number of carbonyl (C=O) groups excluding carboxylic acids is 2. The molecule has 0 aliphatic carbocycles. The van der Waals surface area contributed by atoms with E-state index in [2.05, 4.69) is 27.1 Å². The number of aromatic amines is 1. The average molecular weight is 415 g/mol. The number of hydrogen-bond acceptors (Lipinski definition) is 7. The van der Waals surface area contributed by atoms with E-state index in [-0.39, 0.29) is 24.4 Å². The Morgan fingerprint density at radius 2 is 2.23 bits per heavy atom. The van der Waals surface area contributed by atoms with E-state index >= 15 is 0 Å². The second-order valence-electron chi connectivity index (χ2n) is 6.59. The average Bonchev–Trinajstić information content (AvgIpc) is 3.36. The molecule has 1 fully saturated rings. The number of carbonyl (C=O) groups is 2. The van der Waals surface area contributed by atoms with Crippen molar-refractivity contribution in [1.29, 1.82) is 0 Å². The lowest BCUT2D eigenvalue weighted by Crippen LogP contribution is -2.33. The lowest BCUT2D eigenvalue weighted by Gasteiger charge is -2.17. The summed E-state index contributed by atoms with van der Waals surface area (Å²) in [5, 5.41) is 2.49. The molecule has 1 amide bonds. The van der Waals surface area contributed by atoms with Crippen LogP contribution in [0.4, 0.5) is 4.79 Å². The van der Waals surface area contributed by atoms with Gasteiger partial charge in [-0.05, 0) is 6.42 Å². The Morgan fingerprint density at radius 1 is 1.43 bits per heavy atom. The molecular formula is C19H21N5O6. The Kier molecular flexibility index (Phi) is 6.48. The zero-order valence-electron chi connectivity index (χ0n) is 16.5. The quantitative estimate of drug-likeness (QED) is 0.669. The summed E-state index contributed by atoms with van der Waals surface area (Å²) < 4.78 is 13.8. The predicted molar refractivity (Wildman–Crippen MR) is 104 cm³/mol. The van der Waals surface area contributed by atoms with Crippen molar-refractivity contribution in [3.8, 4) is 11.8 Å². The molecule has 3 heterocycles. The van der Waals surface area contributed by atoms with E-state index in [1.54, 1.807) is 0 Å². The number of rotatable bonds is 4. The molecule has 1 aliphatic heterocycles. The monoisotopic (exact) mass is 415 g/mol. The van der Waals surface area contributed by atoms with Crippen molar-refractivity contribution < 1.29 is 19.1 Å². The Bertz CT molecular complexity index is 1090. The van der Waals surface area contributed by atoms with Gasteiger partial charge in [0.05, 0.1) is 12.6 Å². The second kappa shape index (κ2) is 9.23. The second-order valence-corrected chi connectivity index (χ2v) is 6.59. The zero-order valence-corrected chi connectivity index (χ0v) is 16.5. The molecule has 0 spiro atoms. The summed E-state index contributed by atoms with van der Waals surface area (Å²) in [7, 11) is 0. The van der Waals surface area contributed by atoms with Crippen LogP contribution in [0, 0.1) is 11.8 Å². The molecule has 0 bridgehead atoms. The number of aromatic nitrogens is 4. The van der Waals surface area contributed by atoms with Crippen LogP contribution in [-0.4, -0.2) is 49.9 Å². The molecule has 2 aromatic rings. The van der Waals surface area contributed by atoms with E-state index in [1.165, 1.54) is 41.0 Å². The van der Waals surface area contributed by atoms with Crippen LogP contribution < -0.4 is 16.6 Å². The molecule has 3 atom stereocenters. The maximum absolute atomic E-state index is 12.3. The van der Waals surface area contributed by atoms with Gasteiger partial charge in [-0.1, -0.05) is 18.8 Å². The molecule has 0 aromatic carbocycles. The van der Waals surface area contributed by atoms with Crippen molar-refractivity contribution in [2.24, 2.45) is 0 Å². The molecule has 2 N–H and O–H groups in total. The first kappa shape index (κ1) is 21.1. The van der Waals surface area contributed by atoms with Crippen molar-refractivity contribution in [3.63, 3.8) is 0 Å². The first-order valence-corrected chi connectivity index (χ1v) is 9.32. The summed E-state index contributed by atoms with van der Waals surface area (Å²) in [5.74, 6) is 5.03. The number of imidazole rings is 1. The highest BCUT2D eigenvalue weighted by Crippen LogP contribution is 2.31. The van der Waals surface area contributed by atoms with Gasteiger partial charge < -0.3 is 14.8 Å². The van der Waals surface area contributed by atoms with Gasteiger partial charge in [0.25, 0.3) is 5.56 Å². The number of H-pyrrole nitrogens is 1. The summed E-state index contributed by atoms with van der Waals surface area (Å²) in [6.45, 7) is 3.30. The Balaban J connectivity index is 1.78. The summed E-state index contributed by atoms with van der Waals surface area (Å²) in [5.41, 5.74) is -1.25. The molecule has 0 radical (unpaired) electrons. The van der Waals surface area contributed by atoms with Gasteiger partial charge in [0.2, 0.25) is 5.91 Å². The van der Waals surface area contributed by atoms with Crippen molar-refractivity contribution in [1.82, 2.24) is 24.4 Å². The van der Waals surface area contributed by atoms with E-state index < -0.39 is 35.8 Å². The molecule has 11 nitrogen and oxygen atoms in total. The molecule has 3 rings (SSSR count). The smallest absolute Gasteiger partial charge is 0.419 e. The number of hydrogen-bond donors (Lipinski definition) is 2. The van der Waals surface area contributed by atoms with Crippen LogP contribution in [0.15, 0.2) is 34.5 Å². The van der Waals surface area contributed by atoms with Crippen LogP contribution in [0.3, 0.4) is 0 Å². The number of nitrogens with one attached hydrogen (secondary N) is 2. The van der Waals surface area contributed by atoms with Crippen LogP contribution in [0.25, 0.3) is 0 Å². The lowest BCUT2D eigenvalue weighted by molar-refractivity contribution is -0.118. The maximum Gasteiger partial charge on any atom is 0.419 e. The fourth-order valence-corrected chi connectivity index (χ4v) is 3.01. The van der Waals surface area contributed by atoms with Gasteiger partial charge in [0.1, 0.15) is 24.2 Å². The minimum absolute atomic E-state index is 0.0514. The third kappa shape index (κ3) is 4.84. The van der Waals surface area contributed by atoms with Crippen molar-refractivity contribution in [2.75, 3.05) is 6.54 Å². The van der Waals surface area contributed by atoms with Gasteiger partial charge in [-0.2, -0.15) is 0 Å². The Labute approximate surface area is 171 Å². The topological polar surface area (TPSA) is 137 Å². The molecule has 1 saturated heterocycles. The van der Waals surface area contributed by atoms with Gasteiger partial charge in [-0.25, -0.2) is 19.1 Å². The van der Waals surface area contributed by atoms with Crippen molar-refractivity contribution in [2.45, 2.75) is 45.1 Å². The third-order valence-electron chi connectivity index (χ3n) is 4.48.